The van der Waals surface area contributed by atoms with Gasteiger partial charge in [0.05, 0.1) is 6.54 Å². The Morgan fingerprint density at radius 1 is 1.19 bits per heavy atom. The van der Waals surface area contributed by atoms with E-state index in [9.17, 15) is 14.0 Å². The fraction of sp³-hybridized carbons (Fsp3) is 0.500. The average molecular weight is 290 g/mol. The van der Waals surface area contributed by atoms with Gasteiger partial charge < -0.3 is 5.32 Å². The van der Waals surface area contributed by atoms with Crippen LogP contribution in [-0.4, -0.2) is 22.4 Å². The van der Waals surface area contributed by atoms with Crippen LogP contribution in [0.5, 0.6) is 0 Å². The topological polar surface area (TPSA) is 49.4 Å². The summed E-state index contributed by atoms with van der Waals surface area (Å²) in [5.41, 5.74) is 1.17. The summed E-state index contributed by atoms with van der Waals surface area (Å²) in [6.07, 6.45) is 3.37. The van der Waals surface area contributed by atoms with E-state index in [0.717, 1.165) is 31.2 Å². The minimum Gasteiger partial charge on any atom is -0.323 e. The lowest BCUT2D eigenvalue weighted by molar-refractivity contribution is -0.131. The number of nitrogens with one attached hydrogen (secondary N) is 1. The summed E-state index contributed by atoms with van der Waals surface area (Å²) in [7, 11) is 0. The van der Waals surface area contributed by atoms with Crippen molar-refractivity contribution in [3.8, 4) is 0 Å². The van der Waals surface area contributed by atoms with Crippen LogP contribution in [0.3, 0.4) is 0 Å². The Morgan fingerprint density at radius 3 is 2.33 bits per heavy atom. The van der Waals surface area contributed by atoms with E-state index in [-0.39, 0.29) is 24.3 Å². The molecule has 1 spiro atoms. The van der Waals surface area contributed by atoms with Crippen molar-refractivity contribution >= 4 is 11.9 Å². The highest BCUT2D eigenvalue weighted by atomic mass is 19.1. The monoisotopic (exact) mass is 290 g/mol. The minimum atomic E-state index is -0.679. The van der Waals surface area contributed by atoms with Gasteiger partial charge in [0.2, 0.25) is 0 Å². The fourth-order valence-corrected chi connectivity index (χ4v) is 3.45. The molecule has 1 saturated heterocycles. The second kappa shape index (κ2) is 4.83. The summed E-state index contributed by atoms with van der Waals surface area (Å²) in [5.74, 6) is -0.368. The van der Waals surface area contributed by atoms with E-state index >= 15 is 0 Å². The number of hydrogen-bond acceptors (Lipinski definition) is 2. The van der Waals surface area contributed by atoms with Gasteiger partial charge in [-0.2, -0.15) is 0 Å². The molecule has 1 saturated carbocycles. The van der Waals surface area contributed by atoms with E-state index in [1.807, 2.05) is 0 Å². The Hall–Kier alpha value is -1.91. The lowest BCUT2D eigenvalue weighted by Crippen LogP contribution is -2.44. The van der Waals surface area contributed by atoms with Crippen LogP contribution in [0.1, 0.15) is 42.4 Å². The van der Waals surface area contributed by atoms with Crippen molar-refractivity contribution < 1.29 is 14.0 Å². The lowest BCUT2D eigenvalue weighted by atomic mass is 9.98. The Kier molecular flexibility index (Phi) is 3.23. The number of amides is 3. The summed E-state index contributed by atoms with van der Waals surface area (Å²) in [6.45, 7) is 3.58. The van der Waals surface area contributed by atoms with E-state index < -0.39 is 5.54 Å². The largest absolute Gasteiger partial charge is 0.325 e. The van der Waals surface area contributed by atoms with Crippen LogP contribution in [0.25, 0.3) is 0 Å². The van der Waals surface area contributed by atoms with Crippen molar-refractivity contribution in [2.45, 2.75) is 51.6 Å². The summed E-state index contributed by atoms with van der Waals surface area (Å²) in [4.78, 5) is 25.9. The summed E-state index contributed by atoms with van der Waals surface area (Å²) < 4.78 is 13.7. The predicted octanol–water partition coefficient (Wildman–Crippen LogP) is 2.81. The van der Waals surface area contributed by atoms with Gasteiger partial charge in [-0.1, -0.05) is 25.0 Å². The molecule has 0 radical (unpaired) electrons. The van der Waals surface area contributed by atoms with Gasteiger partial charge in [0.1, 0.15) is 11.4 Å². The Balaban J connectivity index is 1.85. The first-order valence-corrected chi connectivity index (χ1v) is 7.33. The summed E-state index contributed by atoms with van der Waals surface area (Å²) >= 11 is 0. The highest BCUT2D eigenvalue weighted by Gasteiger charge is 2.52. The number of rotatable bonds is 2. The van der Waals surface area contributed by atoms with Crippen LogP contribution in [0.15, 0.2) is 12.1 Å². The molecule has 0 bridgehead atoms. The first-order valence-electron chi connectivity index (χ1n) is 7.33. The summed E-state index contributed by atoms with van der Waals surface area (Å²) in [6, 6.07) is 3.06. The third kappa shape index (κ3) is 2.20. The van der Waals surface area contributed by atoms with Gasteiger partial charge in [-0.25, -0.2) is 9.18 Å². The molecule has 4 nitrogen and oxygen atoms in total. The van der Waals surface area contributed by atoms with Crippen molar-refractivity contribution in [3.05, 3.63) is 34.6 Å². The van der Waals surface area contributed by atoms with E-state index in [1.54, 1.807) is 26.0 Å². The van der Waals surface area contributed by atoms with E-state index in [0.29, 0.717) is 11.1 Å². The standard InChI is InChI=1S/C16H19FN2O2/c1-10-7-12(8-11(2)13(10)17)9-19-14(20)16(18-15(19)21)5-3-4-6-16/h7-8H,3-6,9H2,1-2H3,(H,18,21). The van der Waals surface area contributed by atoms with Crippen molar-refractivity contribution in [2.24, 2.45) is 0 Å². The van der Waals surface area contributed by atoms with Crippen LogP contribution in [0.4, 0.5) is 9.18 Å². The molecule has 112 valence electrons. The number of benzene rings is 1. The minimum absolute atomic E-state index is 0.135. The second-order valence-corrected chi connectivity index (χ2v) is 6.15. The summed E-state index contributed by atoms with van der Waals surface area (Å²) in [5, 5.41) is 2.85. The van der Waals surface area contributed by atoms with Crippen molar-refractivity contribution in [2.75, 3.05) is 0 Å². The highest BCUT2D eigenvalue weighted by Crippen LogP contribution is 2.35. The first-order chi connectivity index (χ1) is 9.93. The maximum absolute atomic E-state index is 13.7. The van der Waals surface area contributed by atoms with Gasteiger partial charge in [0, 0.05) is 0 Å². The molecule has 3 rings (SSSR count). The molecule has 1 heterocycles. The van der Waals surface area contributed by atoms with E-state index in [1.165, 1.54) is 4.90 Å². The van der Waals surface area contributed by atoms with Crippen LogP contribution in [0, 0.1) is 19.7 Å². The van der Waals surface area contributed by atoms with Gasteiger partial charge in [-0.15, -0.1) is 0 Å². The van der Waals surface area contributed by atoms with Crippen molar-refractivity contribution in [1.29, 1.82) is 0 Å². The Bertz CT molecular complexity index is 598. The number of urea groups is 1. The third-order valence-corrected chi connectivity index (χ3v) is 4.54. The lowest BCUT2D eigenvalue weighted by Gasteiger charge is -2.20. The van der Waals surface area contributed by atoms with Crippen LogP contribution < -0.4 is 5.32 Å². The Labute approximate surface area is 123 Å². The molecule has 21 heavy (non-hydrogen) atoms. The van der Waals surface area contributed by atoms with E-state index in [4.69, 9.17) is 0 Å². The Morgan fingerprint density at radius 2 is 1.76 bits per heavy atom. The number of carbonyl (C=O) groups excluding carboxylic acids is 2. The molecule has 1 aromatic carbocycles. The molecule has 1 aromatic rings. The molecule has 1 aliphatic heterocycles. The number of carbonyl (C=O) groups is 2. The van der Waals surface area contributed by atoms with Gasteiger partial charge >= 0.3 is 6.03 Å². The van der Waals surface area contributed by atoms with Crippen LogP contribution in [-0.2, 0) is 11.3 Å². The smallest absolute Gasteiger partial charge is 0.323 e. The molecule has 1 N–H and O–H groups in total. The van der Waals surface area contributed by atoms with Crippen LogP contribution in [0.2, 0.25) is 0 Å². The molecule has 2 aliphatic rings. The SMILES string of the molecule is Cc1cc(CN2C(=O)NC3(CCCC3)C2=O)cc(C)c1F. The maximum Gasteiger partial charge on any atom is 0.325 e. The number of imide groups is 1. The third-order valence-electron chi connectivity index (χ3n) is 4.54. The van der Waals surface area contributed by atoms with Crippen molar-refractivity contribution in [3.63, 3.8) is 0 Å². The molecule has 1 aliphatic carbocycles. The molecule has 5 heteroatoms. The molecular weight excluding hydrogens is 271 g/mol. The predicted molar refractivity (Wildman–Crippen MR) is 76.2 cm³/mol. The first kappa shape index (κ1) is 14.0. The number of halogens is 1. The number of hydrogen-bond donors (Lipinski definition) is 1. The quantitative estimate of drug-likeness (QED) is 0.851. The zero-order valence-electron chi connectivity index (χ0n) is 12.3. The van der Waals surface area contributed by atoms with Crippen molar-refractivity contribution in [1.82, 2.24) is 10.2 Å². The maximum atomic E-state index is 13.7. The van der Waals surface area contributed by atoms with Gasteiger partial charge in [-0.3, -0.25) is 9.69 Å². The number of nitrogens with zero attached hydrogens (tertiary/aromatic N) is 1. The van der Waals surface area contributed by atoms with Crippen LogP contribution >= 0.6 is 0 Å². The zero-order chi connectivity index (χ0) is 15.2. The van der Waals surface area contributed by atoms with Gasteiger partial charge in [0.25, 0.3) is 5.91 Å². The molecule has 3 amide bonds. The molecular formula is C16H19FN2O2. The average Bonchev–Trinajstić information content (AvgIpc) is 2.98. The van der Waals surface area contributed by atoms with Gasteiger partial charge in [-0.05, 0) is 43.4 Å². The van der Waals surface area contributed by atoms with E-state index in [2.05, 4.69) is 5.32 Å². The normalized spacial score (nSPS) is 20.4. The molecule has 2 fully saturated rings. The number of aryl methyl sites for hydroxylation is 2. The molecule has 0 atom stereocenters. The van der Waals surface area contributed by atoms with Gasteiger partial charge in [0.15, 0.2) is 0 Å². The highest BCUT2D eigenvalue weighted by molar-refractivity contribution is 6.07. The molecule has 0 aromatic heterocycles. The fourth-order valence-electron chi connectivity index (χ4n) is 3.45. The zero-order valence-corrected chi connectivity index (χ0v) is 12.3. The second-order valence-electron chi connectivity index (χ2n) is 6.15. The molecule has 0 unspecified atom stereocenters.